The summed E-state index contributed by atoms with van der Waals surface area (Å²) < 4.78 is 36.1. The third kappa shape index (κ3) is 2.12. The van der Waals surface area contributed by atoms with Crippen molar-refractivity contribution >= 4 is 12.1 Å². The molecule has 4 nitrogen and oxygen atoms in total. The van der Waals surface area contributed by atoms with E-state index in [-0.39, 0.29) is 12.1 Å². The first-order valence-electron chi connectivity index (χ1n) is 3.46. The zero-order valence-electron chi connectivity index (χ0n) is 6.68. The zero-order chi connectivity index (χ0) is 10.8. The van der Waals surface area contributed by atoms with Crippen LogP contribution >= 0.6 is 0 Å². The van der Waals surface area contributed by atoms with Crippen LogP contribution in [-0.4, -0.2) is 11.4 Å². The molecule has 0 bridgehead atoms. The minimum atomic E-state index is -4.60. The van der Waals surface area contributed by atoms with Gasteiger partial charge in [-0.15, -0.1) is 0 Å². The predicted molar refractivity (Wildman–Crippen MR) is 41.8 cm³/mol. The lowest BCUT2D eigenvalue weighted by molar-refractivity contribution is -0.141. The Kier molecular flexibility index (Phi) is 2.59. The van der Waals surface area contributed by atoms with E-state index in [1.807, 2.05) is 5.32 Å². The van der Waals surface area contributed by atoms with E-state index < -0.39 is 17.4 Å². The van der Waals surface area contributed by atoms with Gasteiger partial charge in [0.05, 0.1) is 0 Å². The van der Waals surface area contributed by atoms with Gasteiger partial charge in [-0.3, -0.25) is 9.59 Å². The SMILES string of the molecule is O=CNc1ccc(C(F)(F)F)[nH]c1=O. The fraction of sp³-hybridized carbons (Fsp3) is 0.143. The molecule has 0 aliphatic heterocycles. The van der Waals surface area contributed by atoms with Gasteiger partial charge in [0.2, 0.25) is 6.41 Å². The van der Waals surface area contributed by atoms with Crippen molar-refractivity contribution in [2.75, 3.05) is 5.32 Å². The lowest BCUT2D eigenvalue weighted by Crippen LogP contribution is -2.19. The number of carbonyl (C=O) groups is 1. The Morgan fingerprint density at radius 1 is 1.36 bits per heavy atom. The second-order valence-corrected chi connectivity index (χ2v) is 2.37. The monoisotopic (exact) mass is 206 g/mol. The lowest BCUT2D eigenvalue weighted by Gasteiger charge is -2.06. The molecular weight excluding hydrogens is 201 g/mol. The third-order valence-electron chi connectivity index (χ3n) is 1.43. The molecule has 0 saturated heterocycles. The Morgan fingerprint density at radius 2 is 2.00 bits per heavy atom. The van der Waals surface area contributed by atoms with E-state index in [1.165, 1.54) is 0 Å². The quantitative estimate of drug-likeness (QED) is 0.708. The van der Waals surface area contributed by atoms with Crippen LogP contribution in [0.3, 0.4) is 0 Å². The van der Waals surface area contributed by atoms with E-state index in [4.69, 9.17) is 0 Å². The lowest BCUT2D eigenvalue weighted by atomic mass is 10.3. The van der Waals surface area contributed by atoms with Crippen LogP contribution < -0.4 is 10.9 Å². The molecule has 0 spiro atoms. The number of H-pyrrole nitrogens is 1. The van der Waals surface area contributed by atoms with Gasteiger partial charge in [-0.25, -0.2) is 0 Å². The standard InChI is InChI=1S/C7H5F3N2O2/c8-7(9,10)5-2-1-4(11-3-13)6(14)12-5/h1-3H,(H,11,13)(H,12,14). The number of hydrogen-bond acceptors (Lipinski definition) is 2. The molecule has 0 radical (unpaired) electrons. The molecule has 1 aromatic rings. The van der Waals surface area contributed by atoms with Crippen LogP contribution in [0.15, 0.2) is 16.9 Å². The van der Waals surface area contributed by atoms with Crippen LogP contribution in [0.5, 0.6) is 0 Å². The Morgan fingerprint density at radius 3 is 2.43 bits per heavy atom. The molecule has 0 fully saturated rings. The molecule has 0 unspecified atom stereocenters. The van der Waals surface area contributed by atoms with Gasteiger partial charge in [0.25, 0.3) is 5.56 Å². The summed E-state index contributed by atoms with van der Waals surface area (Å²) in [7, 11) is 0. The van der Waals surface area contributed by atoms with Crippen molar-refractivity contribution in [2.45, 2.75) is 6.18 Å². The summed E-state index contributed by atoms with van der Waals surface area (Å²) in [4.78, 5) is 22.4. The largest absolute Gasteiger partial charge is 0.431 e. The Balaban J connectivity index is 3.13. The average molecular weight is 206 g/mol. The maximum Gasteiger partial charge on any atom is 0.431 e. The number of aromatic nitrogens is 1. The van der Waals surface area contributed by atoms with E-state index in [1.54, 1.807) is 4.98 Å². The summed E-state index contributed by atoms with van der Waals surface area (Å²) >= 11 is 0. The molecule has 14 heavy (non-hydrogen) atoms. The molecule has 0 aliphatic rings. The molecule has 1 aromatic heterocycles. The molecule has 1 amide bonds. The average Bonchev–Trinajstić information content (AvgIpc) is 2.07. The number of carbonyl (C=O) groups excluding carboxylic acids is 1. The molecule has 0 atom stereocenters. The number of nitrogens with one attached hydrogen (secondary N) is 2. The van der Waals surface area contributed by atoms with Crippen molar-refractivity contribution in [2.24, 2.45) is 0 Å². The first-order chi connectivity index (χ1) is 6.45. The van der Waals surface area contributed by atoms with E-state index in [9.17, 15) is 22.8 Å². The summed E-state index contributed by atoms with van der Waals surface area (Å²) in [6, 6.07) is 1.56. The van der Waals surface area contributed by atoms with Crippen molar-refractivity contribution in [1.82, 2.24) is 4.98 Å². The van der Waals surface area contributed by atoms with E-state index in [0.717, 1.165) is 6.07 Å². The van der Waals surface area contributed by atoms with Crippen molar-refractivity contribution in [1.29, 1.82) is 0 Å². The van der Waals surface area contributed by atoms with Gasteiger partial charge >= 0.3 is 6.18 Å². The summed E-state index contributed by atoms with van der Waals surface area (Å²) in [6.07, 6.45) is -4.39. The van der Waals surface area contributed by atoms with Crippen molar-refractivity contribution in [3.8, 4) is 0 Å². The van der Waals surface area contributed by atoms with Crippen molar-refractivity contribution in [3.05, 3.63) is 28.2 Å². The number of halogens is 3. The summed E-state index contributed by atoms with van der Waals surface area (Å²) in [6.45, 7) is 0. The van der Waals surface area contributed by atoms with Crippen LogP contribution in [0.4, 0.5) is 18.9 Å². The fourth-order valence-corrected chi connectivity index (χ4v) is 0.816. The van der Waals surface area contributed by atoms with Gasteiger partial charge in [0.1, 0.15) is 11.4 Å². The number of hydrogen-bond donors (Lipinski definition) is 2. The fourth-order valence-electron chi connectivity index (χ4n) is 0.816. The molecule has 1 rings (SSSR count). The van der Waals surface area contributed by atoms with Gasteiger partial charge < -0.3 is 10.3 Å². The highest BCUT2D eigenvalue weighted by Crippen LogP contribution is 2.26. The molecule has 0 aliphatic carbocycles. The van der Waals surface area contributed by atoms with Crippen molar-refractivity contribution in [3.63, 3.8) is 0 Å². The zero-order valence-corrected chi connectivity index (χ0v) is 6.68. The van der Waals surface area contributed by atoms with Gasteiger partial charge in [-0.2, -0.15) is 13.2 Å². The van der Waals surface area contributed by atoms with Crippen LogP contribution in [-0.2, 0) is 11.0 Å². The number of pyridine rings is 1. The van der Waals surface area contributed by atoms with Crippen LogP contribution in [0, 0.1) is 0 Å². The topological polar surface area (TPSA) is 62.0 Å². The molecule has 1 heterocycles. The Labute approximate surface area is 75.8 Å². The predicted octanol–water partition coefficient (Wildman–Crippen LogP) is 0.962. The Hall–Kier alpha value is -1.79. The van der Waals surface area contributed by atoms with E-state index >= 15 is 0 Å². The third-order valence-corrected chi connectivity index (χ3v) is 1.43. The molecule has 0 aromatic carbocycles. The second-order valence-electron chi connectivity index (χ2n) is 2.37. The molecule has 76 valence electrons. The van der Waals surface area contributed by atoms with Crippen LogP contribution in [0.1, 0.15) is 5.69 Å². The molecule has 7 heteroatoms. The minimum absolute atomic E-state index is 0.206. The highest BCUT2D eigenvalue weighted by Gasteiger charge is 2.31. The highest BCUT2D eigenvalue weighted by atomic mass is 19.4. The first-order valence-corrected chi connectivity index (χ1v) is 3.46. The number of alkyl halides is 3. The highest BCUT2D eigenvalue weighted by molar-refractivity contribution is 5.70. The van der Waals surface area contributed by atoms with Crippen LogP contribution in [0.25, 0.3) is 0 Å². The number of rotatable bonds is 2. The second kappa shape index (κ2) is 3.52. The summed E-state index contributed by atoms with van der Waals surface area (Å²) in [5, 5.41) is 1.96. The van der Waals surface area contributed by atoms with Gasteiger partial charge in [0, 0.05) is 0 Å². The first kappa shape index (κ1) is 10.3. The van der Waals surface area contributed by atoms with Gasteiger partial charge in [0.15, 0.2) is 0 Å². The normalized spacial score (nSPS) is 11.1. The molecule has 0 saturated carbocycles. The van der Waals surface area contributed by atoms with Crippen LogP contribution in [0.2, 0.25) is 0 Å². The maximum atomic E-state index is 12.0. The molecule has 2 N–H and O–H groups in total. The smallest absolute Gasteiger partial charge is 0.324 e. The minimum Gasteiger partial charge on any atom is -0.324 e. The van der Waals surface area contributed by atoms with Crippen molar-refractivity contribution < 1.29 is 18.0 Å². The number of amides is 1. The van der Waals surface area contributed by atoms with Gasteiger partial charge in [-0.1, -0.05) is 0 Å². The number of anilines is 1. The summed E-state index contributed by atoms with van der Waals surface area (Å²) in [5.74, 6) is 0. The van der Waals surface area contributed by atoms with E-state index in [2.05, 4.69) is 0 Å². The summed E-state index contributed by atoms with van der Waals surface area (Å²) in [5.41, 5.74) is -2.38. The Bertz CT molecular complexity index is 397. The maximum absolute atomic E-state index is 12.0. The van der Waals surface area contributed by atoms with E-state index in [0.29, 0.717) is 6.07 Å². The molecular formula is C7H5F3N2O2. The van der Waals surface area contributed by atoms with Gasteiger partial charge in [-0.05, 0) is 12.1 Å². The number of aromatic amines is 1.